The van der Waals surface area contributed by atoms with Crippen LogP contribution in [0.1, 0.15) is 36.7 Å². The van der Waals surface area contributed by atoms with Crippen LogP contribution in [-0.2, 0) is 20.1 Å². The van der Waals surface area contributed by atoms with Gasteiger partial charge in [-0.15, -0.1) is 0 Å². The molecule has 0 unspecified atom stereocenters. The van der Waals surface area contributed by atoms with Gasteiger partial charge in [0.1, 0.15) is 5.60 Å². The highest BCUT2D eigenvalue weighted by Crippen LogP contribution is 2.33. The van der Waals surface area contributed by atoms with E-state index in [1.165, 1.54) is 7.05 Å². The summed E-state index contributed by atoms with van der Waals surface area (Å²) < 4.78 is 29.8. The van der Waals surface area contributed by atoms with Gasteiger partial charge in [0.05, 0.1) is 22.5 Å². The molecule has 8 heteroatoms. The van der Waals surface area contributed by atoms with Crippen molar-refractivity contribution < 1.29 is 17.9 Å². The van der Waals surface area contributed by atoms with Crippen LogP contribution in [-0.4, -0.2) is 33.3 Å². The van der Waals surface area contributed by atoms with E-state index in [9.17, 15) is 13.2 Å². The molecule has 0 aromatic heterocycles. The molecule has 0 saturated heterocycles. The Kier molecular flexibility index (Phi) is 5.92. The monoisotopic (exact) mass is 411 g/mol. The van der Waals surface area contributed by atoms with Crippen LogP contribution in [0.4, 0.5) is 5.69 Å². The highest BCUT2D eigenvalue weighted by Gasteiger charge is 2.25. The summed E-state index contributed by atoms with van der Waals surface area (Å²) in [5.41, 5.74) is 0.421. The molecule has 0 aliphatic heterocycles. The van der Waals surface area contributed by atoms with Gasteiger partial charge in [-0.2, -0.15) is 0 Å². The van der Waals surface area contributed by atoms with Crippen molar-refractivity contribution in [3.05, 3.63) is 28.3 Å². The number of nitrogens with zero attached hydrogens (tertiary/aromatic N) is 1. The molecule has 0 radical (unpaired) electrons. The van der Waals surface area contributed by atoms with E-state index in [2.05, 4.69) is 15.9 Å². The Balaban J connectivity index is 3.45. The fraction of sp³-hybridized carbons (Fsp3) is 0.500. The van der Waals surface area contributed by atoms with Crippen molar-refractivity contribution in [1.82, 2.24) is 0 Å². The third kappa shape index (κ3) is 4.86. The Labute approximate surface area is 144 Å². The van der Waals surface area contributed by atoms with Gasteiger partial charge >= 0.3 is 5.97 Å². The molecule has 0 atom stereocenters. The maximum atomic E-state index is 12.3. The molecule has 0 bridgehead atoms. The van der Waals surface area contributed by atoms with Crippen LogP contribution in [0.5, 0.6) is 0 Å². The second-order valence-corrected chi connectivity index (χ2v) is 8.79. The van der Waals surface area contributed by atoms with Crippen molar-refractivity contribution in [1.29, 1.82) is 0 Å². The molecule has 0 aliphatic carbocycles. The third-order valence-corrected chi connectivity index (χ3v) is 4.96. The number of benzene rings is 1. The zero-order chi connectivity index (χ0) is 17.3. The summed E-state index contributed by atoms with van der Waals surface area (Å²) in [5.74, 6) is -0.594. The topological polar surface area (TPSA) is 63.7 Å². The molecule has 22 heavy (non-hydrogen) atoms. The molecule has 5 nitrogen and oxygen atoms in total. The number of carbonyl (C=O) groups excluding carboxylic acids is 1. The molecule has 0 fully saturated rings. The first kappa shape index (κ1) is 19.3. The average molecular weight is 413 g/mol. The number of ether oxygens (including phenoxy) is 1. The zero-order valence-electron chi connectivity index (χ0n) is 13.1. The minimum atomic E-state index is -3.50. The predicted molar refractivity (Wildman–Crippen MR) is 92.5 cm³/mol. The third-order valence-electron chi connectivity index (χ3n) is 2.72. The summed E-state index contributed by atoms with van der Waals surface area (Å²) in [6.07, 6.45) is 1.07. The lowest BCUT2D eigenvalue weighted by molar-refractivity contribution is 0.00696. The van der Waals surface area contributed by atoms with Gasteiger partial charge in [0.2, 0.25) is 10.0 Å². The number of halogens is 2. The minimum Gasteiger partial charge on any atom is -0.456 e. The molecule has 0 heterocycles. The Morgan fingerprint density at radius 3 is 2.32 bits per heavy atom. The summed E-state index contributed by atoms with van der Waals surface area (Å²) in [4.78, 5) is 12.3. The molecule has 0 saturated carbocycles. The first-order valence-corrected chi connectivity index (χ1v) is 9.77. The summed E-state index contributed by atoms with van der Waals surface area (Å²) in [6, 6.07) is 3.21. The van der Waals surface area contributed by atoms with Crippen LogP contribution in [0, 0.1) is 0 Å². The minimum absolute atomic E-state index is 0.0480. The van der Waals surface area contributed by atoms with E-state index in [0.717, 1.165) is 16.1 Å². The molecule has 1 rings (SSSR count). The summed E-state index contributed by atoms with van der Waals surface area (Å²) in [6.45, 7) is 5.24. The Bertz CT molecular complexity index is 683. The number of hydrogen-bond donors (Lipinski definition) is 0. The number of rotatable bonds is 4. The molecular formula is C14H19BrClNO4S. The quantitative estimate of drug-likeness (QED) is 0.560. The first-order valence-electron chi connectivity index (χ1n) is 6.42. The van der Waals surface area contributed by atoms with E-state index in [1.807, 2.05) is 0 Å². The standard InChI is InChI=1S/C14H19BrClNO4S/c1-14(2,3)21-13(18)10-6-9(8-15)7-11(12(10)16)17(4)22(5,19)20/h6-7H,8H2,1-5H3. The molecule has 124 valence electrons. The molecule has 0 amide bonds. The van der Waals surface area contributed by atoms with Gasteiger partial charge in [-0.1, -0.05) is 27.5 Å². The van der Waals surface area contributed by atoms with Crippen molar-refractivity contribution in [2.45, 2.75) is 31.7 Å². The lowest BCUT2D eigenvalue weighted by atomic mass is 10.1. The number of sulfonamides is 1. The molecular weight excluding hydrogens is 394 g/mol. The number of anilines is 1. The number of carbonyl (C=O) groups is 1. The van der Waals surface area contributed by atoms with Crippen molar-refractivity contribution in [2.75, 3.05) is 17.6 Å². The fourth-order valence-electron chi connectivity index (χ4n) is 1.63. The van der Waals surface area contributed by atoms with Crippen molar-refractivity contribution in [2.24, 2.45) is 0 Å². The molecule has 0 aliphatic rings. The largest absolute Gasteiger partial charge is 0.456 e. The van der Waals surface area contributed by atoms with Gasteiger partial charge in [-0.25, -0.2) is 13.2 Å². The summed E-state index contributed by atoms with van der Waals surface area (Å²) in [5, 5.41) is 0.497. The summed E-state index contributed by atoms with van der Waals surface area (Å²) in [7, 11) is -2.12. The van der Waals surface area contributed by atoms with Crippen LogP contribution < -0.4 is 4.31 Å². The highest BCUT2D eigenvalue weighted by atomic mass is 79.9. The maximum Gasteiger partial charge on any atom is 0.340 e. The smallest absolute Gasteiger partial charge is 0.340 e. The number of esters is 1. The lowest BCUT2D eigenvalue weighted by Gasteiger charge is -2.23. The van der Waals surface area contributed by atoms with Gasteiger partial charge < -0.3 is 4.74 Å². The predicted octanol–water partition coefficient (Wildman–Crippen LogP) is 3.59. The SMILES string of the molecule is CN(c1cc(CBr)cc(C(=O)OC(C)(C)C)c1Cl)S(C)(=O)=O. The van der Waals surface area contributed by atoms with Crippen LogP contribution in [0.15, 0.2) is 12.1 Å². The van der Waals surface area contributed by atoms with E-state index >= 15 is 0 Å². The van der Waals surface area contributed by atoms with Gasteiger partial charge in [0, 0.05) is 12.4 Å². The van der Waals surface area contributed by atoms with Crippen molar-refractivity contribution in [3.8, 4) is 0 Å². The van der Waals surface area contributed by atoms with Crippen LogP contribution in [0.25, 0.3) is 0 Å². The van der Waals surface area contributed by atoms with Crippen LogP contribution in [0.3, 0.4) is 0 Å². The number of hydrogen-bond acceptors (Lipinski definition) is 4. The fourth-order valence-corrected chi connectivity index (χ4v) is 2.82. The Hall–Kier alpha value is -0.790. The van der Waals surface area contributed by atoms with E-state index < -0.39 is 21.6 Å². The van der Waals surface area contributed by atoms with Crippen LogP contribution in [0.2, 0.25) is 5.02 Å². The normalized spacial score (nSPS) is 12.1. The Morgan fingerprint density at radius 2 is 1.91 bits per heavy atom. The van der Waals surface area contributed by atoms with Crippen molar-refractivity contribution >= 4 is 49.2 Å². The van der Waals surface area contributed by atoms with E-state index in [-0.39, 0.29) is 16.3 Å². The van der Waals surface area contributed by atoms with Gasteiger partial charge in [-0.3, -0.25) is 4.31 Å². The van der Waals surface area contributed by atoms with Crippen LogP contribution >= 0.6 is 27.5 Å². The van der Waals surface area contributed by atoms with E-state index in [0.29, 0.717) is 5.33 Å². The highest BCUT2D eigenvalue weighted by molar-refractivity contribution is 9.08. The van der Waals surface area contributed by atoms with Gasteiger partial charge in [0.25, 0.3) is 0 Å². The second kappa shape index (κ2) is 6.76. The summed E-state index contributed by atoms with van der Waals surface area (Å²) >= 11 is 9.54. The van der Waals surface area contributed by atoms with E-state index in [1.54, 1.807) is 32.9 Å². The molecule has 0 N–H and O–H groups in total. The van der Waals surface area contributed by atoms with Gasteiger partial charge in [0.15, 0.2) is 0 Å². The zero-order valence-corrected chi connectivity index (χ0v) is 16.3. The van der Waals surface area contributed by atoms with Gasteiger partial charge in [-0.05, 0) is 38.5 Å². The first-order chi connectivity index (χ1) is 9.86. The van der Waals surface area contributed by atoms with E-state index in [4.69, 9.17) is 16.3 Å². The molecule has 0 spiro atoms. The van der Waals surface area contributed by atoms with Crippen molar-refractivity contribution in [3.63, 3.8) is 0 Å². The average Bonchev–Trinajstić information content (AvgIpc) is 2.35. The molecule has 1 aromatic carbocycles. The maximum absolute atomic E-state index is 12.3. The lowest BCUT2D eigenvalue weighted by Crippen LogP contribution is -2.27. The Morgan fingerprint density at radius 1 is 1.36 bits per heavy atom. The number of alkyl halides is 1. The molecule has 1 aromatic rings. The second-order valence-electron chi connectivity index (χ2n) is 5.84.